The highest BCUT2D eigenvalue weighted by atomic mass is 16.2. The molecule has 1 aliphatic rings. The Kier molecular flexibility index (Phi) is 4.20. The molecule has 19 heavy (non-hydrogen) atoms. The predicted molar refractivity (Wildman–Crippen MR) is 73.5 cm³/mol. The maximum Gasteiger partial charge on any atom is 0.245 e. The van der Waals surface area contributed by atoms with E-state index in [1.165, 1.54) is 5.56 Å². The van der Waals surface area contributed by atoms with Crippen molar-refractivity contribution in [2.75, 3.05) is 6.54 Å². The lowest BCUT2D eigenvalue weighted by Gasteiger charge is -2.27. The molecule has 1 aromatic carbocycles. The summed E-state index contributed by atoms with van der Waals surface area (Å²) in [6, 6.07) is 9.62. The first-order valence-electron chi connectivity index (χ1n) is 6.71. The first-order chi connectivity index (χ1) is 9.08. The lowest BCUT2D eigenvalue weighted by molar-refractivity contribution is -0.134. The van der Waals surface area contributed by atoms with E-state index in [0.29, 0.717) is 13.0 Å². The van der Waals surface area contributed by atoms with Crippen molar-refractivity contribution in [3.8, 4) is 0 Å². The van der Waals surface area contributed by atoms with Gasteiger partial charge >= 0.3 is 0 Å². The van der Waals surface area contributed by atoms with Crippen molar-refractivity contribution in [2.45, 2.75) is 38.8 Å². The lowest BCUT2D eigenvalue weighted by Crippen LogP contribution is -2.45. The molecule has 1 saturated heterocycles. The molecule has 0 aliphatic carbocycles. The van der Waals surface area contributed by atoms with Crippen molar-refractivity contribution >= 4 is 11.8 Å². The summed E-state index contributed by atoms with van der Waals surface area (Å²) < 4.78 is 0. The van der Waals surface area contributed by atoms with Crippen molar-refractivity contribution < 1.29 is 9.59 Å². The maximum atomic E-state index is 12.2. The molecule has 0 saturated carbocycles. The van der Waals surface area contributed by atoms with Gasteiger partial charge in [-0.15, -0.1) is 0 Å². The van der Waals surface area contributed by atoms with Crippen LogP contribution in [0.15, 0.2) is 30.3 Å². The van der Waals surface area contributed by atoms with Gasteiger partial charge in [-0.2, -0.15) is 0 Å². The Labute approximate surface area is 113 Å². The summed E-state index contributed by atoms with van der Waals surface area (Å²) in [5.74, 6) is -0.0372. The average Bonchev–Trinajstić information content (AvgIpc) is 2.47. The molecule has 1 heterocycles. The zero-order chi connectivity index (χ0) is 13.8. The van der Waals surface area contributed by atoms with Crippen LogP contribution in [0.4, 0.5) is 0 Å². The van der Waals surface area contributed by atoms with E-state index in [0.717, 1.165) is 6.42 Å². The smallest absolute Gasteiger partial charge is 0.245 e. The fourth-order valence-electron chi connectivity index (χ4n) is 2.43. The van der Waals surface area contributed by atoms with Crippen LogP contribution in [-0.4, -0.2) is 35.3 Å². The Morgan fingerprint density at radius 2 is 1.89 bits per heavy atom. The van der Waals surface area contributed by atoms with E-state index in [2.05, 4.69) is 17.4 Å². The lowest BCUT2D eigenvalue weighted by atomic mass is 10.1. The van der Waals surface area contributed by atoms with Gasteiger partial charge in [-0.3, -0.25) is 9.59 Å². The van der Waals surface area contributed by atoms with Gasteiger partial charge in [0.25, 0.3) is 0 Å². The van der Waals surface area contributed by atoms with Crippen LogP contribution < -0.4 is 5.32 Å². The second-order valence-electron chi connectivity index (χ2n) is 5.11. The van der Waals surface area contributed by atoms with Crippen LogP contribution in [0.2, 0.25) is 0 Å². The first kappa shape index (κ1) is 13.6. The van der Waals surface area contributed by atoms with Gasteiger partial charge < -0.3 is 10.2 Å². The second-order valence-corrected chi connectivity index (χ2v) is 5.11. The highest BCUT2D eigenvalue weighted by Gasteiger charge is 2.30. The number of hydrogen-bond donors (Lipinski definition) is 1. The largest absolute Gasteiger partial charge is 0.345 e. The van der Waals surface area contributed by atoms with Gasteiger partial charge in [-0.25, -0.2) is 0 Å². The summed E-state index contributed by atoms with van der Waals surface area (Å²) in [5.41, 5.74) is 1.21. The Balaban J connectivity index is 2.04. The number of nitrogens with one attached hydrogen (secondary N) is 1. The number of carbonyl (C=O) groups is 2. The van der Waals surface area contributed by atoms with E-state index in [1.54, 1.807) is 6.92 Å². The van der Waals surface area contributed by atoms with Crippen LogP contribution >= 0.6 is 0 Å². The van der Waals surface area contributed by atoms with Crippen molar-refractivity contribution in [1.29, 1.82) is 0 Å². The molecule has 2 atom stereocenters. The van der Waals surface area contributed by atoms with E-state index in [9.17, 15) is 9.59 Å². The monoisotopic (exact) mass is 260 g/mol. The third-order valence-corrected chi connectivity index (χ3v) is 3.53. The number of carbonyl (C=O) groups excluding carboxylic acids is 2. The Morgan fingerprint density at radius 3 is 2.58 bits per heavy atom. The molecule has 2 amide bonds. The van der Waals surface area contributed by atoms with Crippen molar-refractivity contribution in [2.24, 2.45) is 0 Å². The molecule has 4 nitrogen and oxygen atoms in total. The summed E-state index contributed by atoms with van der Waals surface area (Å²) in [4.78, 5) is 25.6. The zero-order valence-corrected chi connectivity index (χ0v) is 11.4. The van der Waals surface area contributed by atoms with Crippen LogP contribution in [0.3, 0.4) is 0 Å². The third kappa shape index (κ3) is 3.34. The molecule has 102 valence electrons. The first-order valence-corrected chi connectivity index (χ1v) is 6.71. The second kappa shape index (κ2) is 5.87. The molecule has 1 fully saturated rings. The van der Waals surface area contributed by atoms with Crippen LogP contribution in [0.1, 0.15) is 25.8 Å². The fourth-order valence-corrected chi connectivity index (χ4v) is 2.43. The molecule has 1 aromatic rings. The van der Waals surface area contributed by atoms with Crippen LogP contribution in [0.5, 0.6) is 0 Å². The number of hydrogen-bond acceptors (Lipinski definition) is 2. The minimum atomic E-state index is -0.423. The summed E-state index contributed by atoms with van der Waals surface area (Å²) in [5, 5.41) is 2.72. The summed E-state index contributed by atoms with van der Waals surface area (Å²) >= 11 is 0. The van der Waals surface area contributed by atoms with Gasteiger partial charge in [0.05, 0.1) is 0 Å². The Hall–Kier alpha value is -1.84. The van der Waals surface area contributed by atoms with Crippen LogP contribution in [-0.2, 0) is 16.0 Å². The molecule has 1 aliphatic heterocycles. The summed E-state index contributed by atoms with van der Waals surface area (Å²) in [6.45, 7) is 4.33. The van der Waals surface area contributed by atoms with Crippen LogP contribution in [0, 0.1) is 0 Å². The number of amides is 2. The van der Waals surface area contributed by atoms with Gasteiger partial charge in [0.15, 0.2) is 0 Å². The molecule has 4 heteroatoms. The van der Waals surface area contributed by atoms with Crippen molar-refractivity contribution in [3.63, 3.8) is 0 Å². The minimum absolute atomic E-state index is 0.00859. The molecule has 0 bridgehead atoms. The van der Waals surface area contributed by atoms with E-state index in [-0.39, 0.29) is 17.9 Å². The zero-order valence-electron chi connectivity index (χ0n) is 11.4. The van der Waals surface area contributed by atoms with E-state index < -0.39 is 6.04 Å². The molecular weight excluding hydrogens is 240 g/mol. The minimum Gasteiger partial charge on any atom is -0.345 e. The van der Waals surface area contributed by atoms with E-state index in [1.807, 2.05) is 30.0 Å². The third-order valence-electron chi connectivity index (χ3n) is 3.53. The topological polar surface area (TPSA) is 49.4 Å². The van der Waals surface area contributed by atoms with E-state index in [4.69, 9.17) is 0 Å². The van der Waals surface area contributed by atoms with Gasteiger partial charge in [-0.05, 0) is 25.8 Å². The van der Waals surface area contributed by atoms with Crippen LogP contribution in [0.25, 0.3) is 0 Å². The molecular formula is C15H20N2O2. The van der Waals surface area contributed by atoms with Gasteiger partial charge in [0.1, 0.15) is 6.04 Å². The Bertz CT molecular complexity index is 458. The molecule has 0 radical (unpaired) electrons. The summed E-state index contributed by atoms with van der Waals surface area (Å²) in [7, 11) is 0. The fraction of sp³-hybridized carbons (Fsp3) is 0.467. The molecule has 2 unspecified atom stereocenters. The number of rotatable bonds is 3. The number of benzene rings is 1. The molecule has 2 rings (SSSR count). The van der Waals surface area contributed by atoms with Crippen molar-refractivity contribution in [1.82, 2.24) is 10.2 Å². The highest BCUT2D eigenvalue weighted by molar-refractivity contribution is 5.90. The van der Waals surface area contributed by atoms with Gasteiger partial charge in [0.2, 0.25) is 11.8 Å². The quantitative estimate of drug-likeness (QED) is 0.892. The molecule has 1 N–H and O–H groups in total. The standard InChI is InChI=1S/C15H20N2O2/c1-11-10-14(18)16-12(2)15(19)17(11)9-8-13-6-4-3-5-7-13/h3-7,11-12H,8-10H2,1-2H3,(H,16,18). The average molecular weight is 260 g/mol. The molecule has 0 spiro atoms. The van der Waals surface area contributed by atoms with Crippen molar-refractivity contribution in [3.05, 3.63) is 35.9 Å². The Morgan fingerprint density at radius 1 is 1.21 bits per heavy atom. The SMILES string of the molecule is CC1NC(=O)CC(C)N(CCc2ccccc2)C1=O. The highest BCUT2D eigenvalue weighted by Crippen LogP contribution is 2.12. The normalized spacial score (nSPS) is 24.0. The predicted octanol–water partition coefficient (Wildman–Crippen LogP) is 1.35. The number of nitrogens with zero attached hydrogens (tertiary/aromatic N) is 1. The summed E-state index contributed by atoms with van der Waals surface area (Å²) in [6.07, 6.45) is 1.20. The molecule has 0 aromatic heterocycles. The maximum absolute atomic E-state index is 12.2. The van der Waals surface area contributed by atoms with Gasteiger partial charge in [0, 0.05) is 19.0 Å². The van der Waals surface area contributed by atoms with Gasteiger partial charge in [-0.1, -0.05) is 30.3 Å². The van der Waals surface area contributed by atoms with E-state index >= 15 is 0 Å².